The van der Waals surface area contributed by atoms with E-state index in [9.17, 15) is 9.59 Å². The number of amides is 2. The molecule has 0 bridgehead atoms. The highest BCUT2D eigenvalue weighted by Crippen LogP contribution is 2.25. The van der Waals surface area contributed by atoms with Crippen LogP contribution < -0.4 is 11.1 Å². The van der Waals surface area contributed by atoms with Crippen LogP contribution in [0, 0.1) is 11.3 Å². The van der Waals surface area contributed by atoms with E-state index in [1.54, 1.807) is 24.3 Å². The first-order valence-corrected chi connectivity index (χ1v) is 9.27. The molecule has 0 aliphatic heterocycles. The van der Waals surface area contributed by atoms with Crippen molar-refractivity contribution in [1.29, 1.82) is 5.26 Å². The molecule has 0 heterocycles. The number of nitrogens with one attached hydrogen (secondary N) is 1. The van der Waals surface area contributed by atoms with Gasteiger partial charge in [-0.3, -0.25) is 9.59 Å². The number of carbonyl (C=O) groups excluding carboxylic acids is 2. The number of hydrogen-bond acceptors (Lipinski definition) is 3. The molecule has 3 rings (SSSR count). The second-order valence-electron chi connectivity index (χ2n) is 6.73. The Morgan fingerprint density at radius 1 is 0.897 bits per heavy atom. The van der Waals surface area contributed by atoms with Gasteiger partial charge in [0.2, 0.25) is 11.8 Å². The molecule has 0 radical (unpaired) electrons. The fourth-order valence-electron chi connectivity index (χ4n) is 3.27. The maximum absolute atomic E-state index is 13.2. The molecule has 3 N–H and O–H groups in total. The molecule has 5 heteroatoms. The van der Waals surface area contributed by atoms with Crippen molar-refractivity contribution in [3.8, 4) is 6.07 Å². The minimum Gasteiger partial charge on any atom is -0.368 e. The number of primary amides is 1. The van der Waals surface area contributed by atoms with Gasteiger partial charge in [-0.2, -0.15) is 5.26 Å². The number of nitriles is 1. The Morgan fingerprint density at radius 2 is 1.48 bits per heavy atom. The third kappa shape index (κ3) is 5.08. The van der Waals surface area contributed by atoms with Gasteiger partial charge in [-0.15, -0.1) is 0 Å². The molecule has 3 aromatic rings. The molecule has 0 saturated carbocycles. The predicted octanol–water partition coefficient (Wildman–Crippen LogP) is 2.90. The van der Waals surface area contributed by atoms with Crippen LogP contribution in [0.4, 0.5) is 0 Å². The van der Waals surface area contributed by atoms with Crippen LogP contribution in [0.2, 0.25) is 0 Å². The summed E-state index contributed by atoms with van der Waals surface area (Å²) >= 11 is 0. The first-order valence-electron chi connectivity index (χ1n) is 9.27. The van der Waals surface area contributed by atoms with Gasteiger partial charge < -0.3 is 11.1 Å². The highest BCUT2D eigenvalue weighted by Gasteiger charge is 2.27. The Bertz CT molecular complexity index is 987. The van der Waals surface area contributed by atoms with E-state index in [0.29, 0.717) is 5.56 Å². The molecule has 0 aromatic heterocycles. The third-order valence-electron chi connectivity index (χ3n) is 4.68. The van der Waals surface area contributed by atoms with E-state index in [4.69, 9.17) is 11.0 Å². The Morgan fingerprint density at radius 3 is 2.00 bits per heavy atom. The van der Waals surface area contributed by atoms with Gasteiger partial charge >= 0.3 is 0 Å². The average Bonchev–Trinajstić information content (AvgIpc) is 2.75. The molecule has 0 aliphatic rings. The van der Waals surface area contributed by atoms with Crippen molar-refractivity contribution in [2.75, 3.05) is 0 Å². The van der Waals surface area contributed by atoms with Crippen LogP contribution in [0.5, 0.6) is 0 Å². The summed E-state index contributed by atoms with van der Waals surface area (Å²) in [6, 6.07) is 26.9. The zero-order valence-corrected chi connectivity index (χ0v) is 15.8. The first-order chi connectivity index (χ1) is 14.1. The van der Waals surface area contributed by atoms with Gasteiger partial charge in [-0.1, -0.05) is 72.8 Å². The van der Waals surface area contributed by atoms with Crippen LogP contribution in [0.1, 0.15) is 28.2 Å². The van der Waals surface area contributed by atoms with Crippen LogP contribution in [-0.4, -0.2) is 17.9 Å². The fraction of sp³-hybridized carbons (Fsp3) is 0.125. The molecule has 0 fully saturated rings. The molecular weight excluding hydrogens is 362 g/mol. The molecular formula is C24H21N3O2. The summed E-state index contributed by atoms with van der Waals surface area (Å²) in [5, 5.41) is 11.9. The zero-order chi connectivity index (χ0) is 20.6. The summed E-state index contributed by atoms with van der Waals surface area (Å²) < 4.78 is 0. The number of nitrogens with two attached hydrogens (primary N) is 1. The molecule has 0 spiro atoms. The van der Waals surface area contributed by atoms with Crippen LogP contribution in [0.3, 0.4) is 0 Å². The first kappa shape index (κ1) is 19.8. The zero-order valence-electron chi connectivity index (χ0n) is 15.8. The van der Waals surface area contributed by atoms with Gasteiger partial charge in [-0.05, 0) is 28.8 Å². The highest BCUT2D eigenvalue weighted by molar-refractivity contribution is 5.92. The molecule has 0 unspecified atom stereocenters. The quantitative estimate of drug-likeness (QED) is 0.657. The molecule has 0 saturated heterocycles. The number of nitrogens with zero attached hydrogens (tertiary/aromatic N) is 1. The van der Waals surface area contributed by atoms with Crippen molar-refractivity contribution >= 4 is 11.8 Å². The lowest BCUT2D eigenvalue weighted by molar-refractivity contribution is -0.127. The van der Waals surface area contributed by atoms with Crippen molar-refractivity contribution in [3.05, 3.63) is 107 Å². The maximum atomic E-state index is 13.2. The fourth-order valence-corrected chi connectivity index (χ4v) is 3.27. The second-order valence-corrected chi connectivity index (χ2v) is 6.73. The lowest BCUT2D eigenvalue weighted by Crippen LogP contribution is -2.47. The maximum Gasteiger partial charge on any atom is 0.240 e. The number of rotatable bonds is 7. The summed E-state index contributed by atoms with van der Waals surface area (Å²) in [4.78, 5) is 25.2. The summed E-state index contributed by atoms with van der Waals surface area (Å²) in [6.45, 7) is 0. The topological polar surface area (TPSA) is 96.0 Å². The molecule has 3 aromatic carbocycles. The minimum atomic E-state index is -0.883. The molecule has 0 aliphatic carbocycles. The molecule has 5 nitrogen and oxygen atoms in total. The Kier molecular flexibility index (Phi) is 6.39. The normalized spacial score (nSPS) is 11.4. The van der Waals surface area contributed by atoms with E-state index >= 15 is 0 Å². The van der Waals surface area contributed by atoms with Crippen LogP contribution in [-0.2, 0) is 16.0 Å². The largest absolute Gasteiger partial charge is 0.368 e. The van der Waals surface area contributed by atoms with Gasteiger partial charge in [0.05, 0.1) is 17.6 Å². The molecule has 144 valence electrons. The van der Waals surface area contributed by atoms with Crippen molar-refractivity contribution in [3.63, 3.8) is 0 Å². The van der Waals surface area contributed by atoms with Crippen molar-refractivity contribution in [2.45, 2.75) is 18.4 Å². The Hall–Kier alpha value is -3.91. The number of carbonyl (C=O) groups is 2. The summed E-state index contributed by atoms with van der Waals surface area (Å²) in [7, 11) is 0. The molecule has 2 amide bonds. The molecule has 1 atom stereocenters. The smallest absolute Gasteiger partial charge is 0.240 e. The van der Waals surface area contributed by atoms with Gasteiger partial charge in [0.1, 0.15) is 6.04 Å². The summed E-state index contributed by atoms with van der Waals surface area (Å²) in [5.74, 6) is -1.49. The minimum absolute atomic E-state index is 0.215. The number of benzene rings is 3. The SMILES string of the molecule is N#Cc1cccc(C[C@@H](NC(=O)C(c2ccccc2)c2ccccc2)C(N)=O)c1. The average molecular weight is 383 g/mol. The van der Waals surface area contributed by atoms with E-state index in [1.807, 2.05) is 60.7 Å². The van der Waals surface area contributed by atoms with E-state index < -0.39 is 17.9 Å². The van der Waals surface area contributed by atoms with Crippen LogP contribution in [0.15, 0.2) is 84.9 Å². The lowest BCUT2D eigenvalue weighted by Gasteiger charge is -2.22. The standard InChI is InChI=1S/C24H21N3O2/c25-16-18-9-7-8-17(14-18)15-21(23(26)28)27-24(29)22(19-10-3-1-4-11-19)20-12-5-2-6-13-20/h1-14,21-22H,15H2,(H2,26,28)(H,27,29)/t21-/m1/s1. The van der Waals surface area contributed by atoms with E-state index in [1.165, 1.54) is 0 Å². The molecule has 29 heavy (non-hydrogen) atoms. The van der Waals surface area contributed by atoms with E-state index in [0.717, 1.165) is 16.7 Å². The number of hydrogen-bond donors (Lipinski definition) is 2. The van der Waals surface area contributed by atoms with E-state index in [2.05, 4.69) is 11.4 Å². The lowest BCUT2D eigenvalue weighted by atomic mass is 9.90. The van der Waals surface area contributed by atoms with Crippen molar-refractivity contribution in [2.24, 2.45) is 5.73 Å². The van der Waals surface area contributed by atoms with Gasteiger partial charge in [0.25, 0.3) is 0 Å². The van der Waals surface area contributed by atoms with Gasteiger partial charge in [0.15, 0.2) is 0 Å². The Balaban J connectivity index is 1.86. The second kappa shape index (κ2) is 9.34. The third-order valence-corrected chi connectivity index (χ3v) is 4.68. The van der Waals surface area contributed by atoms with E-state index in [-0.39, 0.29) is 12.3 Å². The van der Waals surface area contributed by atoms with Gasteiger partial charge in [-0.25, -0.2) is 0 Å². The van der Waals surface area contributed by atoms with Crippen molar-refractivity contribution in [1.82, 2.24) is 5.32 Å². The van der Waals surface area contributed by atoms with Crippen molar-refractivity contribution < 1.29 is 9.59 Å². The predicted molar refractivity (Wildman–Crippen MR) is 111 cm³/mol. The van der Waals surface area contributed by atoms with Gasteiger partial charge in [0, 0.05) is 6.42 Å². The van der Waals surface area contributed by atoms with Crippen LogP contribution in [0.25, 0.3) is 0 Å². The summed E-state index contributed by atoms with van der Waals surface area (Å²) in [5.41, 5.74) is 8.46. The van der Waals surface area contributed by atoms with Crippen LogP contribution >= 0.6 is 0 Å². The highest BCUT2D eigenvalue weighted by atomic mass is 16.2. The monoisotopic (exact) mass is 383 g/mol. The Labute approximate surface area is 169 Å². The summed E-state index contributed by atoms with van der Waals surface area (Å²) in [6.07, 6.45) is 0.215.